The number of esters is 1. The number of aliphatic imine (C=N–C) groups is 1. The Bertz CT molecular complexity index is 953. The minimum absolute atomic E-state index is 0.438. The molecule has 1 rings (SSSR count). The van der Waals surface area contributed by atoms with Crippen LogP contribution in [0.2, 0.25) is 0 Å². The normalized spacial score (nSPS) is 13.5. The number of aromatic nitrogens is 1. The molecule has 0 N–H and O–H groups in total. The van der Waals surface area contributed by atoms with Crippen molar-refractivity contribution in [3.05, 3.63) is 22.5 Å². The summed E-state index contributed by atoms with van der Waals surface area (Å²) < 4.78 is 136. The van der Waals surface area contributed by atoms with E-state index >= 15 is 0 Å². The molecule has 0 atom stereocenters. The topological polar surface area (TPSA) is 87.1 Å². The monoisotopic (exact) mass is 528 g/mol. The van der Waals surface area contributed by atoms with Crippen molar-refractivity contribution in [2.75, 3.05) is 19.8 Å². The number of alkyl halides is 8. The second-order valence-corrected chi connectivity index (χ2v) is 8.12. The lowest BCUT2D eigenvalue weighted by molar-refractivity contribution is -0.142. The first kappa shape index (κ1) is 29.9. The predicted octanol–water partition coefficient (Wildman–Crippen LogP) is 6.64. The molecule has 0 saturated carbocycles. The average molecular weight is 528 g/mol. The molecule has 34 heavy (non-hydrogen) atoms. The van der Waals surface area contributed by atoms with Gasteiger partial charge in [-0.05, 0) is 32.8 Å². The van der Waals surface area contributed by atoms with Crippen molar-refractivity contribution in [1.82, 2.24) is 4.98 Å². The van der Waals surface area contributed by atoms with Crippen molar-refractivity contribution >= 4 is 24.7 Å². The van der Waals surface area contributed by atoms with Crippen LogP contribution in [0.1, 0.15) is 61.4 Å². The van der Waals surface area contributed by atoms with Gasteiger partial charge in [0.05, 0.1) is 31.1 Å². The number of ether oxygens (including phenoxy) is 1. The molecular weight excluding hydrogens is 507 g/mol. The SMILES string of the molecule is CCOC(=O)c1c(C(F)(F)F)nc(C(F)F)c(N=C(C(F)(F)F)P(=O)(OCC)OCC)c1CC. The molecular formula is C18H21F8N2O5P. The van der Waals surface area contributed by atoms with Crippen LogP contribution in [0.3, 0.4) is 0 Å². The summed E-state index contributed by atoms with van der Waals surface area (Å²) in [6.07, 6.45) is -15.6. The lowest BCUT2D eigenvalue weighted by Crippen LogP contribution is -2.26. The number of rotatable bonds is 10. The summed E-state index contributed by atoms with van der Waals surface area (Å²) in [5.74, 6) is -1.66. The van der Waals surface area contributed by atoms with E-state index in [1.54, 1.807) is 0 Å². The number of carbonyl (C=O) groups is 1. The Kier molecular flexibility index (Phi) is 10.2. The maximum absolute atomic E-state index is 13.8. The molecule has 0 aliphatic heterocycles. The van der Waals surface area contributed by atoms with Crippen LogP contribution in [-0.4, -0.2) is 42.4 Å². The Morgan fingerprint density at radius 2 is 1.53 bits per heavy atom. The molecule has 0 amide bonds. The fourth-order valence-corrected chi connectivity index (χ4v) is 4.31. The minimum atomic E-state index is -5.59. The summed E-state index contributed by atoms with van der Waals surface area (Å²) in [5.41, 5.74) is -9.94. The van der Waals surface area contributed by atoms with Crippen molar-refractivity contribution in [3.8, 4) is 0 Å². The van der Waals surface area contributed by atoms with Crippen molar-refractivity contribution in [1.29, 1.82) is 0 Å². The first-order valence-electron chi connectivity index (χ1n) is 9.73. The molecule has 7 nitrogen and oxygen atoms in total. The van der Waals surface area contributed by atoms with E-state index in [1.807, 2.05) is 0 Å². The molecule has 194 valence electrons. The highest BCUT2D eigenvalue weighted by Gasteiger charge is 2.51. The molecule has 1 heterocycles. The van der Waals surface area contributed by atoms with Crippen molar-refractivity contribution in [3.63, 3.8) is 0 Å². The summed E-state index contributed by atoms with van der Waals surface area (Å²) in [6, 6.07) is 0. The molecule has 16 heteroatoms. The maximum atomic E-state index is 13.8. The largest absolute Gasteiger partial charge is 0.462 e. The molecule has 0 aromatic carbocycles. The first-order chi connectivity index (χ1) is 15.6. The van der Waals surface area contributed by atoms with E-state index in [9.17, 15) is 44.5 Å². The van der Waals surface area contributed by atoms with Gasteiger partial charge >= 0.3 is 25.9 Å². The molecule has 0 aliphatic rings. The van der Waals surface area contributed by atoms with Crippen LogP contribution in [0.4, 0.5) is 40.8 Å². The van der Waals surface area contributed by atoms with Gasteiger partial charge in [-0.25, -0.2) is 23.6 Å². The van der Waals surface area contributed by atoms with Gasteiger partial charge < -0.3 is 13.8 Å². The number of hydrogen-bond acceptors (Lipinski definition) is 7. The van der Waals surface area contributed by atoms with Gasteiger partial charge in [-0.2, -0.15) is 26.3 Å². The third kappa shape index (κ3) is 6.72. The number of halogens is 8. The van der Waals surface area contributed by atoms with Gasteiger partial charge in [0.25, 0.3) is 6.43 Å². The molecule has 0 saturated heterocycles. The molecule has 0 aliphatic carbocycles. The van der Waals surface area contributed by atoms with E-state index in [4.69, 9.17) is 0 Å². The lowest BCUT2D eigenvalue weighted by atomic mass is 9.99. The number of nitrogens with zero attached hydrogens (tertiary/aromatic N) is 2. The van der Waals surface area contributed by atoms with Crippen LogP contribution in [0.25, 0.3) is 0 Å². The van der Waals surface area contributed by atoms with Crippen LogP contribution in [0.15, 0.2) is 4.99 Å². The van der Waals surface area contributed by atoms with E-state index in [-0.39, 0.29) is 0 Å². The predicted molar refractivity (Wildman–Crippen MR) is 104 cm³/mol. The molecule has 0 bridgehead atoms. The van der Waals surface area contributed by atoms with Gasteiger partial charge in [0, 0.05) is 0 Å². The van der Waals surface area contributed by atoms with Crippen molar-refractivity contribution in [2.24, 2.45) is 4.99 Å². The van der Waals surface area contributed by atoms with E-state index in [1.165, 1.54) is 20.8 Å². The first-order valence-corrected chi connectivity index (χ1v) is 11.3. The Balaban J connectivity index is 4.27. The Hall–Kier alpha value is -2.12. The highest BCUT2D eigenvalue weighted by atomic mass is 31.2. The van der Waals surface area contributed by atoms with Crippen LogP contribution in [0.5, 0.6) is 0 Å². The highest BCUT2D eigenvalue weighted by Crippen LogP contribution is 2.56. The molecule has 1 aromatic heterocycles. The van der Waals surface area contributed by atoms with Crippen molar-refractivity contribution in [2.45, 2.75) is 52.9 Å². The summed E-state index contributed by atoms with van der Waals surface area (Å²) in [6.45, 7) is 3.07. The second kappa shape index (κ2) is 11.5. The Labute approximate surface area is 189 Å². The Morgan fingerprint density at radius 3 is 1.88 bits per heavy atom. The quantitative estimate of drug-likeness (QED) is 0.147. The number of carbonyl (C=O) groups excluding carboxylic acids is 1. The maximum Gasteiger partial charge on any atom is 0.441 e. The van der Waals surface area contributed by atoms with Gasteiger partial charge in [-0.3, -0.25) is 4.57 Å². The van der Waals surface area contributed by atoms with Gasteiger partial charge in [0.2, 0.25) is 5.45 Å². The average Bonchev–Trinajstić information content (AvgIpc) is 2.69. The van der Waals surface area contributed by atoms with Crippen LogP contribution >= 0.6 is 7.60 Å². The van der Waals surface area contributed by atoms with Gasteiger partial charge in [0.15, 0.2) is 5.69 Å². The van der Waals surface area contributed by atoms with Crippen LogP contribution in [-0.2, 0) is 30.9 Å². The second-order valence-electron chi connectivity index (χ2n) is 6.19. The van der Waals surface area contributed by atoms with Gasteiger partial charge in [-0.15, -0.1) is 0 Å². The smallest absolute Gasteiger partial charge is 0.441 e. The number of pyridine rings is 1. The molecule has 0 unspecified atom stereocenters. The molecule has 1 aromatic rings. The van der Waals surface area contributed by atoms with E-state index in [0.717, 1.165) is 6.92 Å². The minimum Gasteiger partial charge on any atom is -0.462 e. The zero-order valence-corrected chi connectivity index (χ0v) is 19.2. The van der Waals surface area contributed by atoms with Crippen LogP contribution < -0.4 is 0 Å². The van der Waals surface area contributed by atoms with Gasteiger partial charge in [-0.1, -0.05) is 6.92 Å². The Morgan fingerprint density at radius 1 is 1.00 bits per heavy atom. The number of hydrogen-bond donors (Lipinski definition) is 0. The zero-order valence-electron chi connectivity index (χ0n) is 18.3. The lowest BCUT2D eigenvalue weighted by Gasteiger charge is -2.23. The van der Waals surface area contributed by atoms with Crippen molar-refractivity contribution < 1.29 is 58.3 Å². The van der Waals surface area contributed by atoms with E-state index in [2.05, 4.69) is 23.8 Å². The molecule has 0 radical (unpaired) electrons. The van der Waals surface area contributed by atoms with E-state index in [0.29, 0.717) is 0 Å². The fraction of sp³-hybridized carbons (Fsp3) is 0.611. The highest BCUT2D eigenvalue weighted by molar-refractivity contribution is 7.72. The third-order valence-electron chi connectivity index (χ3n) is 3.94. The van der Waals surface area contributed by atoms with Gasteiger partial charge in [0.1, 0.15) is 5.69 Å². The summed E-state index contributed by atoms with van der Waals surface area (Å²) in [5, 5.41) is 0. The summed E-state index contributed by atoms with van der Waals surface area (Å²) >= 11 is 0. The zero-order chi connectivity index (χ0) is 26.5. The summed E-state index contributed by atoms with van der Waals surface area (Å²) in [4.78, 5) is 18.0. The third-order valence-corrected chi connectivity index (χ3v) is 6.00. The molecule has 0 fully saturated rings. The standard InChI is InChI=1S/C18H21F8N2O5P/c1-5-9-10(15(29)31-6-2)13(17(21,22)23)27-12(14(19)20)11(9)28-16(18(24,25)26)34(30,32-7-3)33-8-4/h14H,5-8H2,1-4H3. The van der Waals surface area contributed by atoms with Crippen LogP contribution in [0, 0.1) is 0 Å². The van der Waals surface area contributed by atoms with E-state index < -0.39 is 92.2 Å². The fourth-order valence-electron chi connectivity index (χ4n) is 2.78. The summed E-state index contributed by atoms with van der Waals surface area (Å²) in [7, 11) is -5.28. The molecule has 0 spiro atoms.